The summed E-state index contributed by atoms with van der Waals surface area (Å²) in [6.07, 6.45) is 1.35. The van der Waals surface area contributed by atoms with E-state index in [0.29, 0.717) is 0 Å². The molecule has 0 atom stereocenters. The number of hydrogen-bond acceptors (Lipinski definition) is 3. The fourth-order valence-corrected chi connectivity index (χ4v) is 0.873. The minimum atomic E-state index is -0.433. The fourth-order valence-electron chi connectivity index (χ4n) is 0.642. The van der Waals surface area contributed by atoms with Crippen molar-refractivity contribution in [1.82, 2.24) is 9.55 Å². The van der Waals surface area contributed by atoms with Gasteiger partial charge in [-0.05, 0) is 0 Å². The molecule has 0 fully saturated rings. The van der Waals surface area contributed by atoms with Crippen molar-refractivity contribution in [3.8, 4) is 6.07 Å². The van der Waals surface area contributed by atoms with Crippen molar-refractivity contribution >= 4 is 11.6 Å². The second-order valence-electron chi connectivity index (χ2n) is 1.94. The summed E-state index contributed by atoms with van der Waals surface area (Å²) in [6, 6.07) is 1.65. The zero-order chi connectivity index (χ0) is 8.43. The quantitative estimate of drug-likeness (QED) is 0.562. The summed E-state index contributed by atoms with van der Waals surface area (Å²) in [5, 5.41) is 8.53. The summed E-state index contributed by atoms with van der Waals surface area (Å²) < 4.78 is 1.22. The SMILES string of the molecule is Cn1cc(Cl)nc(C#N)c1=O. The van der Waals surface area contributed by atoms with Gasteiger partial charge in [-0.3, -0.25) is 4.79 Å². The van der Waals surface area contributed by atoms with Gasteiger partial charge in [0.15, 0.2) is 0 Å². The molecule has 0 N–H and O–H groups in total. The van der Waals surface area contributed by atoms with Gasteiger partial charge in [0.05, 0.1) is 0 Å². The standard InChI is InChI=1S/C6H4ClN3O/c1-10-3-5(7)9-4(2-8)6(10)11/h3H,1H3. The summed E-state index contributed by atoms with van der Waals surface area (Å²) in [7, 11) is 1.51. The Labute approximate surface area is 67.7 Å². The van der Waals surface area contributed by atoms with Crippen molar-refractivity contribution in [2.75, 3.05) is 0 Å². The molecule has 0 radical (unpaired) electrons. The molecule has 0 amide bonds. The first-order valence-electron chi connectivity index (χ1n) is 2.78. The maximum absolute atomic E-state index is 11.0. The molecule has 1 aromatic rings. The number of aryl methyl sites for hydroxylation is 1. The van der Waals surface area contributed by atoms with Crippen LogP contribution in [0.2, 0.25) is 5.15 Å². The van der Waals surface area contributed by atoms with E-state index < -0.39 is 5.56 Å². The predicted molar refractivity (Wildman–Crippen MR) is 39.2 cm³/mol. The summed E-state index contributed by atoms with van der Waals surface area (Å²) >= 11 is 5.48. The molecule has 5 heteroatoms. The molecule has 0 saturated carbocycles. The number of rotatable bonds is 0. The Hall–Kier alpha value is -1.34. The third-order valence-corrected chi connectivity index (χ3v) is 1.33. The fraction of sp³-hybridized carbons (Fsp3) is 0.167. The van der Waals surface area contributed by atoms with Crippen molar-refractivity contribution in [2.45, 2.75) is 0 Å². The molecule has 0 aliphatic carbocycles. The molecule has 0 aliphatic heterocycles. The van der Waals surface area contributed by atoms with Crippen LogP contribution in [-0.4, -0.2) is 9.55 Å². The summed E-state index contributed by atoms with van der Waals surface area (Å²) in [6.45, 7) is 0. The van der Waals surface area contributed by atoms with Crippen LogP contribution >= 0.6 is 11.6 Å². The van der Waals surface area contributed by atoms with Crippen LogP contribution in [0.5, 0.6) is 0 Å². The lowest BCUT2D eigenvalue weighted by atomic mass is 10.5. The molecule has 4 nitrogen and oxygen atoms in total. The lowest BCUT2D eigenvalue weighted by molar-refractivity contribution is 0.833. The number of nitriles is 1. The first-order chi connectivity index (χ1) is 5.15. The predicted octanol–water partition coefficient (Wildman–Crippen LogP) is 0.305. The maximum atomic E-state index is 11.0. The molecule has 0 spiro atoms. The van der Waals surface area contributed by atoms with Crippen LogP contribution in [0.25, 0.3) is 0 Å². The van der Waals surface area contributed by atoms with Gasteiger partial charge in [0.2, 0.25) is 5.69 Å². The van der Waals surface area contributed by atoms with Crippen molar-refractivity contribution in [3.63, 3.8) is 0 Å². The van der Waals surface area contributed by atoms with Crippen LogP contribution in [-0.2, 0) is 7.05 Å². The molecular formula is C6H4ClN3O. The Kier molecular flexibility index (Phi) is 1.92. The van der Waals surface area contributed by atoms with E-state index in [9.17, 15) is 4.79 Å². The largest absolute Gasteiger partial charge is 0.313 e. The highest BCUT2D eigenvalue weighted by Gasteiger charge is 2.02. The van der Waals surface area contributed by atoms with Crippen LogP contribution in [0.3, 0.4) is 0 Å². The Balaban J connectivity index is 3.52. The summed E-state index contributed by atoms with van der Waals surface area (Å²) in [5.74, 6) is 0. The van der Waals surface area contributed by atoms with Crippen LogP contribution in [0.15, 0.2) is 11.0 Å². The van der Waals surface area contributed by atoms with Gasteiger partial charge in [0, 0.05) is 13.2 Å². The van der Waals surface area contributed by atoms with Crippen molar-refractivity contribution in [3.05, 3.63) is 27.4 Å². The highest BCUT2D eigenvalue weighted by molar-refractivity contribution is 6.29. The monoisotopic (exact) mass is 169 g/mol. The van der Waals surface area contributed by atoms with E-state index in [1.54, 1.807) is 6.07 Å². The second kappa shape index (κ2) is 2.72. The highest BCUT2D eigenvalue weighted by atomic mass is 35.5. The zero-order valence-electron chi connectivity index (χ0n) is 5.71. The molecule has 0 unspecified atom stereocenters. The Morgan fingerprint density at radius 1 is 1.82 bits per heavy atom. The van der Waals surface area contributed by atoms with E-state index in [1.807, 2.05) is 0 Å². The van der Waals surface area contributed by atoms with E-state index in [2.05, 4.69) is 4.98 Å². The van der Waals surface area contributed by atoms with Gasteiger partial charge < -0.3 is 4.57 Å². The zero-order valence-corrected chi connectivity index (χ0v) is 6.46. The first kappa shape index (κ1) is 7.76. The number of hydrogen-bond donors (Lipinski definition) is 0. The number of aromatic nitrogens is 2. The minimum Gasteiger partial charge on any atom is -0.313 e. The van der Waals surface area contributed by atoms with Gasteiger partial charge >= 0.3 is 0 Å². The average Bonchev–Trinajstić information content (AvgIpc) is 1.96. The summed E-state index contributed by atoms with van der Waals surface area (Å²) in [4.78, 5) is 14.5. The highest BCUT2D eigenvalue weighted by Crippen LogP contribution is 1.99. The first-order valence-corrected chi connectivity index (χ1v) is 3.16. The molecule has 0 aromatic carbocycles. The van der Waals surface area contributed by atoms with Crippen molar-refractivity contribution in [2.24, 2.45) is 7.05 Å². The Morgan fingerprint density at radius 3 is 3.00 bits per heavy atom. The van der Waals surface area contributed by atoms with E-state index in [0.717, 1.165) is 0 Å². The maximum Gasteiger partial charge on any atom is 0.287 e. The molecule has 11 heavy (non-hydrogen) atoms. The van der Waals surface area contributed by atoms with E-state index >= 15 is 0 Å². The molecule has 1 heterocycles. The van der Waals surface area contributed by atoms with Gasteiger partial charge in [-0.25, -0.2) is 4.98 Å². The van der Waals surface area contributed by atoms with Gasteiger partial charge in [0.1, 0.15) is 11.2 Å². The topological polar surface area (TPSA) is 58.7 Å². The van der Waals surface area contributed by atoms with E-state index in [1.165, 1.54) is 17.8 Å². The molecule has 1 aromatic heterocycles. The van der Waals surface area contributed by atoms with Crippen LogP contribution in [0.4, 0.5) is 0 Å². The van der Waals surface area contributed by atoms with Crippen molar-refractivity contribution in [1.29, 1.82) is 5.26 Å². The van der Waals surface area contributed by atoms with Gasteiger partial charge in [0.25, 0.3) is 5.56 Å². The average molecular weight is 170 g/mol. The molecule has 56 valence electrons. The lowest BCUT2D eigenvalue weighted by Crippen LogP contribution is -2.20. The third-order valence-electron chi connectivity index (χ3n) is 1.15. The Bertz CT molecular complexity index is 376. The lowest BCUT2D eigenvalue weighted by Gasteiger charge is -1.95. The summed E-state index contributed by atoms with van der Waals surface area (Å²) in [5.41, 5.74) is -0.614. The molecule has 0 saturated heterocycles. The van der Waals surface area contributed by atoms with E-state index in [4.69, 9.17) is 16.9 Å². The van der Waals surface area contributed by atoms with Crippen LogP contribution in [0, 0.1) is 11.3 Å². The molecular weight excluding hydrogens is 166 g/mol. The van der Waals surface area contributed by atoms with Crippen LogP contribution in [0.1, 0.15) is 5.69 Å². The number of halogens is 1. The molecule has 0 bridgehead atoms. The van der Waals surface area contributed by atoms with Crippen LogP contribution < -0.4 is 5.56 Å². The normalized spacial score (nSPS) is 9.18. The van der Waals surface area contributed by atoms with E-state index in [-0.39, 0.29) is 10.8 Å². The van der Waals surface area contributed by atoms with Gasteiger partial charge in [-0.15, -0.1) is 0 Å². The van der Waals surface area contributed by atoms with Gasteiger partial charge in [-0.1, -0.05) is 11.6 Å². The number of nitrogens with zero attached hydrogens (tertiary/aromatic N) is 3. The third kappa shape index (κ3) is 1.38. The van der Waals surface area contributed by atoms with Gasteiger partial charge in [-0.2, -0.15) is 5.26 Å². The smallest absolute Gasteiger partial charge is 0.287 e. The molecule has 1 rings (SSSR count). The Morgan fingerprint density at radius 2 is 2.45 bits per heavy atom. The molecule has 0 aliphatic rings. The second-order valence-corrected chi connectivity index (χ2v) is 2.33. The minimum absolute atomic E-state index is 0.142. The van der Waals surface area contributed by atoms with Crippen molar-refractivity contribution < 1.29 is 0 Å².